The lowest BCUT2D eigenvalue weighted by atomic mass is 10.2. The fraction of sp³-hybridized carbons (Fsp3) is 0.600. The van der Waals surface area contributed by atoms with Crippen LogP contribution in [-0.2, 0) is 11.3 Å². The maximum Gasteiger partial charge on any atom is 0.147 e. The lowest BCUT2D eigenvalue weighted by Crippen LogP contribution is -2.24. The number of aliphatic hydroxyl groups excluding tert-OH is 1. The first-order valence-electron chi connectivity index (χ1n) is 7.04. The van der Waals surface area contributed by atoms with Crippen LogP contribution in [0.3, 0.4) is 0 Å². The van der Waals surface area contributed by atoms with Gasteiger partial charge in [-0.2, -0.15) is 0 Å². The van der Waals surface area contributed by atoms with Gasteiger partial charge in [-0.15, -0.1) is 0 Å². The molecule has 2 N–H and O–H groups in total. The van der Waals surface area contributed by atoms with Crippen molar-refractivity contribution in [3.05, 3.63) is 26.6 Å². The summed E-state index contributed by atoms with van der Waals surface area (Å²) in [6.45, 7) is 7.97. The highest BCUT2D eigenvalue weighted by molar-refractivity contribution is 9.11. The molecule has 0 aliphatic heterocycles. The fourth-order valence-corrected chi connectivity index (χ4v) is 3.17. The Hall–Kier alpha value is -0.140. The average Bonchev–Trinajstić information content (AvgIpc) is 2.41. The van der Waals surface area contributed by atoms with Crippen molar-refractivity contribution in [2.45, 2.75) is 39.5 Å². The van der Waals surface area contributed by atoms with E-state index >= 15 is 0 Å². The van der Waals surface area contributed by atoms with Gasteiger partial charge in [0.25, 0.3) is 0 Å². The maximum atomic E-state index is 9.73. The van der Waals surface area contributed by atoms with E-state index in [-0.39, 0.29) is 13.2 Å². The Morgan fingerprint density at radius 1 is 1.19 bits per heavy atom. The van der Waals surface area contributed by atoms with Crippen molar-refractivity contribution in [3.8, 4) is 5.75 Å². The predicted octanol–water partition coefficient (Wildman–Crippen LogP) is 3.49. The van der Waals surface area contributed by atoms with E-state index in [1.165, 1.54) is 0 Å². The summed E-state index contributed by atoms with van der Waals surface area (Å²) in [6.07, 6.45) is -0.633. The van der Waals surface area contributed by atoms with Gasteiger partial charge in [0, 0.05) is 19.2 Å². The number of hydrogen-bond donors (Lipinski definition) is 2. The van der Waals surface area contributed by atoms with E-state index in [1.807, 2.05) is 19.1 Å². The highest BCUT2D eigenvalue weighted by Gasteiger charge is 2.12. The molecular formula is C15H23Br2NO3. The number of halogens is 2. The number of hydrogen-bond acceptors (Lipinski definition) is 4. The van der Waals surface area contributed by atoms with Gasteiger partial charge >= 0.3 is 0 Å². The first kappa shape index (κ1) is 18.9. The lowest BCUT2D eigenvalue weighted by Gasteiger charge is -2.16. The molecule has 0 aliphatic carbocycles. The Balaban J connectivity index is 2.62. The zero-order chi connectivity index (χ0) is 15.8. The van der Waals surface area contributed by atoms with Gasteiger partial charge in [0.2, 0.25) is 0 Å². The van der Waals surface area contributed by atoms with Crippen LogP contribution in [0.4, 0.5) is 0 Å². The maximum absolute atomic E-state index is 9.73. The minimum absolute atomic E-state index is 0.195. The Morgan fingerprint density at radius 2 is 1.81 bits per heavy atom. The van der Waals surface area contributed by atoms with Gasteiger partial charge in [0.05, 0.1) is 15.6 Å². The lowest BCUT2D eigenvalue weighted by molar-refractivity contribution is 0.0161. The third kappa shape index (κ3) is 7.10. The van der Waals surface area contributed by atoms with Gasteiger partial charge in [-0.3, -0.25) is 0 Å². The van der Waals surface area contributed by atoms with Gasteiger partial charge in [0.1, 0.15) is 18.5 Å². The molecule has 1 aromatic rings. The molecule has 120 valence electrons. The molecule has 6 heteroatoms. The third-order valence-corrected chi connectivity index (χ3v) is 3.89. The molecule has 1 unspecified atom stereocenters. The topological polar surface area (TPSA) is 50.7 Å². The number of benzene rings is 1. The van der Waals surface area contributed by atoms with Crippen LogP contribution in [0, 0.1) is 0 Å². The number of nitrogens with one attached hydrogen (secondary N) is 1. The molecule has 0 bridgehead atoms. The van der Waals surface area contributed by atoms with Crippen LogP contribution in [0.15, 0.2) is 21.1 Å². The Bertz CT molecular complexity index is 418. The zero-order valence-corrected chi connectivity index (χ0v) is 15.8. The van der Waals surface area contributed by atoms with Crippen LogP contribution >= 0.6 is 31.9 Å². The van der Waals surface area contributed by atoms with Crippen molar-refractivity contribution in [1.82, 2.24) is 5.32 Å². The molecule has 0 spiro atoms. The van der Waals surface area contributed by atoms with Crippen molar-refractivity contribution in [3.63, 3.8) is 0 Å². The third-order valence-electron chi connectivity index (χ3n) is 2.71. The van der Waals surface area contributed by atoms with E-state index in [4.69, 9.17) is 9.47 Å². The van der Waals surface area contributed by atoms with Gasteiger partial charge < -0.3 is 19.9 Å². The Labute approximate surface area is 143 Å². The summed E-state index contributed by atoms with van der Waals surface area (Å²) < 4.78 is 12.5. The molecule has 0 amide bonds. The van der Waals surface area contributed by atoms with Crippen molar-refractivity contribution in [1.29, 1.82) is 0 Å². The predicted molar refractivity (Wildman–Crippen MR) is 91.8 cm³/mol. The van der Waals surface area contributed by atoms with Crippen LogP contribution in [0.25, 0.3) is 0 Å². The van der Waals surface area contributed by atoms with Crippen molar-refractivity contribution < 1.29 is 14.6 Å². The van der Waals surface area contributed by atoms with Crippen molar-refractivity contribution in [2.75, 3.05) is 19.8 Å². The summed E-state index contributed by atoms with van der Waals surface area (Å²) in [4.78, 5) is 0. The molecular weight excluding hydrogens is 402 g/mol. The summed E-state index contributed by atoms with van der Waals surface area (Å²) in [6, 6.07) is 4.47. The molecule has 0 aliphatic rings. The number of rotatable bonds is 9. The van der Waals surface area contributed by atoms with E-state index < -0.39 is 6.10 Å². The molecule has 0 saturated heterocycles. The molecule has 0 radical (unpaired) electrons. The van der Waals surface area contributed by atoms with E-state index in [1.54, 1.807) is 0 Å². The number of aliphatic hydroxyl groups is 1. The van der Waals surface area contributed by atoms with Gasteiger partial charge in [-0.25, -0.2) is 0 Å². The molecule has 21 heavy (non-hydrogen) atoms. The summed E-state index contributed by atoms with van der Waals surface area (Å²) >= 11 is 7.02. The molecule has 1 atom stereocenters. The molecule has 0 aromatic heterocycles. The van der Waals surface area contributed by atoms with Crippen molar-refractivity contribution >= 4 is 31.9 Å². The smallest absolute Gasteiger partial charge is 0.147 e. The van der Waals surface area contributed by atoms with Gasteiger partial charge in [0.15, 0.2) is 0 Å². The second-order valence-electron chi connectivity index (χ2n) is 5.05. The molecule has 0 heterocycles. The quantitative estimate of drug-likeness (QED) is 0.637. The van der Waals surface area contributed by atoms with Gasteiger partial charge in [-0.05, 0) is 56.5 Å². The second-order valence-corrected chi connectivity index (χ2v) is 6.76. The largest absolute Gasteiger partial charge is 0.488 e. The first-order valence-corrected chi connectivity index (χ1v) is 8.62. The van der Waals surface area contributed by atoms with E-state index in [0.717, 1.165) is 21.1 Å². The van der Waals surface area contributed by atoms with Crippen LogP contribution in [0.5, 0.6) is 5.75 Å². The minimum atomic E-state index is -0.633. The summed E-state index contributed by atoms with van der Waals surface area (Å²) in [7, 11) is 0. The minimum Gasteiger partial charge on any atom is -0.488 e. The molecule has 1 aromatic carbocycles. The summed E-state index contributed by atoms with van der Waals surface area (Å²) in [5.74, 6) is 0.693. The van der Waals surface area contributed by atoms with Crippen LogP contribution < -0.4 is 10.1 Å². The van der Waals surface area contributed by atoms with E-state index in [2.05, 4.69) is 51.0 Å². The monoisotopic (exact) mass is 423 g/mol. The fourth-order valence-electron chi connectivity index (χ4n) is 1.66. The first-order chi connectivity index (χ1) is 9.93. The van der Waals surface area contributed by atoms with Gasteiger partial charge in [-0.1, -0.05) is 13.8 Å². The SMILES string of the molecule is CCOCC(O)COc1c(Br)cc(CNC(C)C)cc1Br. The normalized spacial score (nSPS) is 12.7. The highest BCUT2D eigenvalue weighted by Crippen LogP contribution is 2.34. The second kappa shape index (κ2) is 9.79. The Kier molecular flexibility index (Phi) is 8.82. The van der Waals surface area contributed by atoms with Crippen LogP contribution in [0.1, 0.15) is 26.3 Å². The van der Waals surface area contributed by atoms with Crippen LogP contribution in [0.2, 0.25) is 0 Å². The molecule has 0 saturated carbocycles. The Morgan fingerprint density at radius 3 is 2.33 bits per heavy atom. The molecule has 1 rings (SSSR count). The molecule has 0 fully saturated rings. The highest BCUT2D eigenvalue weighted by atomic mass is 79.9. The average molecular weight is 425 g/mol. The van der Waals surface area contributed by atoms with E-state index in [0.29, 0.717) is 18.4 Å². The standard InChI is InChI=1S/C15H23Br2NO3/c1-4-20-8-12(19)9-21-15-13(16)5-11(6-14(15)17)7-18-10(2)3/h5-6,10,12,18-19H,4,7-9H2,1-3H3. The molecule has 4 nitrogen and oxygen atoms in total. The number of ether oxygens (including phenoxy) is 2. The zero-order valence-electron chi connectivity index (χ0n) is 12.7. The summed E-state index contributed by atoms with van der Waals surface area (Å²) in [5, 5.41) is 13.1. The summed E-state index contributed by atoms with van der Waals surface area (Å²) in [5.41, 5.74) is 1.16. The van der Waals surface area contributed by atoms with E-state index in [9.17, 15) is 5.11 Å². The van der Waals surface area contributed by atoms with Crippen molar-refractivity contribution in [2.24, 2.45) is 0 Å². The van der Waals surface area contributed by atoms with Crippen LogP contribution in [-0.4, -0.2) is 37.1 Å².